The van der Waals surface area contributed by atoms with Crippen LogP contribution < -0.4 is 4.74 Å². The molecule has 0 amide bonds. The summed E-state index contributed by atoms with van der Waals surface area (Å²) in [5.74, 6) is -0.165. The van der Waals surface area contributed by atoms with Crippen LogP contribution in [-0.4, -0.2) is 33.4 Å². The first-order valence-electron chi connectivity index (χ1n) is 7.54. The minimum Gasteiger partial charge on any atom is -0.504 e. The van der Waals surface area contributed by atoms with Crippen molar-refractivity contribution in [3.63, 3.8) is 0 Å². The fraction of sp³-hybridized carbons (Fsp3) is 0.412. The zero-order valence-electron chi connectivity index (χ0n) is 11.8. The van der Waals surface area contributed by atoms with Gasteiger partial charge in [-0.1, -0.05) is 6.07 Å². The van der Waals surface area contributed by atoms with Crippen LogP contribution in [-0.2, 0) is 16.6 Å². The SMILES string of the molecule is N=C1CC[C@]23c4c5ccc(O)c4O[C@H]2C(=O)C=C[C@@]3(O)[C@H]1C5. The van der Waals surface area contributed by atoms with E-state index in [-0.39, 0.29) is 17.5 Å². The Morgan fingerprint density at radius 3 is 3.00 bits per heavy atom. The summed E-state index contributed by atoms with van der Waals surface area (Å²) in [5.41, 5.74) is 0.125. The number of nitrogens with one attached hydrogen (secondary N) is 1. The lowest BCUT2D eigenvalue weighted by Gasteiger charge is -2.57. The summed E-state index contributed by atoms with van der Waals surface area (Å²) in [6.45, 7) is 0. The van der Waals surface area contributed by atoms with E-state index in [2.05, 4.69) is 0 Å². The number of aliphatic hydroxyl groups is 1. The summed E-state index contributed by atoms with van der Waals surface area (Å²) in [4.78, 5) is 12.4. The van der Waals surface area contributed by atoms with E-state index >= 15 is 0 Å². The third-order valence-corrected chi connectivity index (χ3v) is 5.99. The van der Waals surface area contributed by atoms with E-state index in [9.17, 15) is 15.0 Å². The Labute approximate surface area is 126 Å². The second-order valence-electron chi connectivity index (χ2n) is 6.76. The molecule has 1 saturated carbocycles. The summed E-state index contributed by atoms with van der Waals surface area (Å²) in [7, 11) is 0. The van der Waals surface area contributed by atoms with Crippen molar-refractivity contribution in [3.8, 4) is 11.5 Å². The lowest BCUT2D eigenvalue weighted by Crippen LogP contribution is -2.69. The van der Waals surface area contributed by atoms with Crippen LogP contribution in [0.3, 0.4) is 0 Å². The van der Waals surface area contributed by atoms with Gasteiger partial charge in [0, 0.05) is 17.2 Å². The Balaban J connectivity index is 1.93. The van der Waals surface area contributed by atoms with Crippen molar-refractivity contribution in [2.24, 2.45) is 5.92 Å². The number of phenols is 1. The maximum absolute atomic E-state index is 12.4. The molecule has 4 atom stereocenters. The molecule has 2 bridgehead atoms. The molecule has 1 fully saturated rings. The highest BCUT2D eigenvalue weighted by Crippen LogP contribution is 2.64. The Kier molecular flexibility index (Phi) is 1.94. The van der Waals surface area contributed by atoms with Crippen molar-refractivity contribution in [2.75, 3.05) is 0 Å². The van der Waals surface area contributed by atoms with Gasteiger partial charge in [-0.2, -0.15) is 0 Å². The number of aromatic hydroxyl groups is 1. The first-order chi connectivity index (χ1) is 10.5. The molecule has 112 valence electrons. The maximum atomic E-state index is 12.4. The van der Waals surface area contributed by atoms with Crippen molar-refractivity contribution in [3.05, 3.63) is 35.4 Å². The number of benzene rings is 1. The van der Waals surface area contributed by atoms with Crippen LogP contribution in [0.15, 0.2) is 24.3 Å². The fourth-order valence-electron chi connectivity index (χ4n) is 5.05. The molecule has 5 heteroatoms. The molecule has 0 aromatic heterocycles. The summed E-state index contributed by atoms with van der Waals surface area (Å²) in [5, 5.41) is 29.9. The van der Waals surface area contributed by atoms with Gasteiger partial charge in [-0.3, -0.25) is 4.79 Å². The second-order valence-corrected chi connectivity index (χ2v) is 6.76. The molecule has 0 saturated heterocycles. The Hall–Kier alpha value is -2.14. The first-order valence-corrected chi connectivity index (χ1v) is 7.54. The zero-order chi connectivity index (χ0) is 15.3. The van der Waals surface area contributed by atoms with E-state index in [1.807, 2.05) is 6.07 Å². The molecule has 1 spiro atoms. The second kappa shape index (κ2) is 3.43. The van der Waals surface area contributed by atoms with E-state index in [0.29, 0.717) is 30.7 Å². The highest BCUT2D eigenvalue weighted by Gasteiger charge is 2.71. The van der Waals surface area contributed by atoms with E-state index in [0.717, 1.165) is 11.1 Å². The molecule has 1 heterocycles. The summed E-state index contributed by atoms with van der Waals surface area (Å²) >= 11 is 0. The van der Waals surface area contributed by atoms with E-state index in [4.69, 9.17) is 10.1 Å². The topological polar surface area (TPSA) is 90.6 Å². The minimum absolute atomic E-state index is 0.0109. The number of ether oxygens (including phenoxy) is 1. The predicted octanol–water partition coefficient (Wildman–Crippen LogP) is 1.25. The molecule has 3 aliphatic carbocycles. The van der Waals surface area contributed by atoms with Gasteiger partial charge in [0.25, 0.3) is 0 Å². The molecule has 5 rings (SSSR count). The number of phenolic OH excluding ortho intramolecular Hbond substituents is 1. The first kappa shape index (κ1) is 12.4. The van der Waals surface area contributed by atoms with Crippen LogP contribution in [0.4, 0.5) is 0 Å². The predicted molar refractivity (Wildman–Crippen MR) is 77.5 cm³/mol. The average Bonchev–Trinajstić information content (AvgIpc) is 2.85. The van der Waals surface area contributed by atoms with Gasteiger partial charge < -0.3 is 20.4 Å². The molecular weight excluding hydrogens is 282 g/mol. The average molecular weight is 297 g/mol. The van der Waals surface area contributed by atoms with E-state index < -0.39 is 17.1 Å². The van der Waals surface area contributed by atoms with Crippen LogP contribution in [0.5, 0.6) is 11.5 Å². The van der Waals surface area contributed by atoms with Gasteiger partial charge in [0.15, 0.2) is 23.4 Å². The van der Waals surface area contributed by atoms with Crippen LogP contribution in [0.1, 0.15) is 24.0 Å². The van der Waals surface area contributed by atoms with Gasteiger partial charge >= 0.3 is 0 Å². The van der Waals surface area contributed by atoms with Crippen LogP contribution >= 0.6 is 0 Å². The van der Waals surface area contributed by atoms with Gasteiger partial charge in [0.2, 0.25) is 0 Å². The van der Waals surface area contributed by atoms with Gasteiger partial charge in [0.1, 0.15) is 5.60 Å². The van der Waals surface area contributed by atoms with Gasteiger partial charge in [-0.05, 0) is 43.0 Å². The van der Waals surface area contributed by atoms with Crippen molar-refractivity contribution >= 4 is 11.5 Å². The Bertz CT molecular complexity index is 798. The smallest absolute Gasteiger partial charge is 0.196 e. The number of ketones is 1. The van der Waals surface area contributed by atoms with Crippen molar-refractivity contribution in [2.45, 2.75) is 36.4 Å². The lowest BCUT2D eigenvalue weighted by molar-refractivity contribution is -0.137. The quantitative estimate of drug-likeness (QED) is 0.672. The molecule has 1 aromatic rings. The summed E-state index contributed by atoms with van der Waals surface area (Å²) < 4.78 is 5.84. The van der Waals surface area contributed by atoms with E-state index in [1.165, 1.54) is 6.08 Å². The number of carbonyl (C=O) groups excluding carboxylic acids is 1. The molecular formula is C17H15NO4. The minimum atomic E-state index is -1.28. The normalized spacial score (nSPS) is 40.4. The molecule has 0 radical (unpaired) electrons. The molecule has 1 aromatic carbocycles. The standard InChI is InChI=1S/C17H15NO4/c18-10-3-5-16-13-8-1-2-11(19)14(13)22-15(16)12(20)4-6-17(16,21)9(10)7-8/h1-2,4,6,9,15,18-19,21H,3,5,7H2/t9-,15-,16-,17+/m0/s1. The highest BCUT2D eigenvalue weighted by molar-refractivity contribution is 6.01. The summed E-state index contributed by atoms with van der Waals surface area (Å²) in [6, 6.07) is 3.40. The molecule has 22 heavy (non-hydrogen) atoms. The van der Waals surface area contributed by atoms with Gasteiger partial charge in [0.05, 0.1) is 5.41 Å². The number of rotatable bonds is 0. The molecule has 4 aliphatic rings. The molecule has 5 nitrogen and oxygen atoms in total. The fourth-order valence-corrected chi connectivity index (χ4v) is 5.05. The third kappa shape index (κ3) is 1.04. The molecule has 3 N–H and O–H groups in total. The van der Waals surface area contributed by atoms with Crippen molar-refractivity contribution in [1.29, 1.82) is 5.41 Å². The monoisotopic (exact) mass is 297 g/mol. The maximum Gasteiger partial charge on any atom is 0.196 e. The Morgan fingerprint density at radius 1 is 1.36 bits per heavy atom. The van der Waals surface area contributed by atoms with Crippen LogP contribution in [0, 0.1) is 11.3 Å². The molecule has 1 aliphatic heterocycles. The number of carbonyl (C=O) groups is 1. The lowest BCUT2D eigenvalue weighted by atomic mass is 9.47. The largest absolute Gasteiger partial charge is 0.504 e. The van der Waals surface area contributed by atoms with Gasteiger partial charge in [-0.15, -0.1) is 0 Å². The number of hydrogen-bond donors (Lipinski definition) is 3. The van der Waals surface area contributed by atoms with Crippen molar-refractivity contribution < 1.29 is 19.7 Å². The zero-order valence-corrected chi connectivity index (χ0v) is 11.8. The van der Waals surface area contributed by atoms with Crippen molar-refractivity contribution in [1.82, 2.24) is 0 Å². The Morgan fingerprint density at radius 2 is 2.18 bits per heavy atom. The third-order valence-electron chi connectivity index (χ3n) is 5.99. The molecule has 0 unspecified atom stereocenters. The van der Waals surface area contributed by atoms with E-state index in [1.54, 1.807) is 12.1 Å². The summed E-state index contributed by atoms with van der Waals surface area (Å²) in [6.07, 6.45) is 3.71. The number of hydrogen-bond acceptors (Lipinski definition) is 5. The van der Waals surface area contributed by atoms with Gasteiger partial charge in [-0.25, -0.2) is 0 Å². The van der Waals surface area contributed by atoms with Crippen LogP contribution in [0.2, 0.25) is 0 Å². The van der Waals surface area contributed by atoms with Crippen LogP contribution in [0.25, 0.3) is 0 Å². The highest BCUT2D eigenvalue weighted by atomic mass is 16.5.